The number of hydrogen-bond donors (Lipinski definition) is 3. The third-order valence-electron chi connectivity index (χ3n) is 3.19. The number of hydrogen-bond acceptors (Lipinski definition) is 2. The molecule has 5 nitrogen and oxygen atoms in total. The molecule has 0 aliphatic heterocycles. The topological polar surface area (TPSA) is 70.2 Å². The molecule has 2 rings (SSSR count). The molecule has 3 amide bonds. The maximum Gasteiger partial charge on any atom is 0.319 e. The number of carbonyl (C=O) groups excluding carboxylic acids is 2. The van der Waals surface area contributed by atoms with Gasteiger partial charge in [-0.3, -0.25) is 4.79 Å². The fourth-order valence-electron chi connectivity index (χ4n) is 2.11. The number of rotatable bonds is 5. The Kier molecular flexibility index (Phi) is 6.67. The van der Waals surface area contributed by atoms with Crippen molar-refractivity contribution in [2.75, 3.05) is 10.6 Å². The van der Waals surface area contributed by atoms with Crippen LogP contribution in [0.5, 0.6) is 0 Å². The number of halogens is 2. The Bertz CT molecular complexity index is 761. The lowest BCUT2D eigenvalue weighted by Crippen LogP contribution is -2.34. The molecule has 0 radical (unpaired) electrons. The van der Waals surface area contributed by atoms with Crippen LogP contribution in [0.15, 0.2) is 42.5 Å². The third kappa shape index (κ3) is 6.29. The van der Waals surface area contributed by atoms with E-state index in [0.29, 0.717) is 21.4 Å². The summed E-state index contributed by atoms with van der Waals surface area (Å²) >= 11 is 11.8. The number of benzene rings is 2. The van der Waals surface area contributed by atoms with Gasteiger partial charge in [0.05, 0.1) is 16.5 Å². The molecule has 0 aromatic heterocycles. The zero-order valence-corrected chi connectivity index (χ0v) is 15.4. The van der Waals surface area contributed by atoms with E-state index in [-0.39, 0.29) is 24.4 Å². The molecule has 2 aromatic carbocycles. The molecule has 0 saturated heterocycles. The largest absolute Gasteiger partial charge is 0.336 e. The van der Waals surface area contributed by atoms with Gasteiger partial charge in [-0.25, -0.2) is 4.79 Å². The quantitative estimate of drug-likeness (QED) is 0.704. The minimum atomic E-state index is -0.272. The molecule has 0 aliphatic carbocycles. The normalized spacial score (nSPS) is 10.4. The number of nitrogens with one attached hydrogen (secondary N) is 3. The summed E-state index contributed by atoms with van der Waals surface area (Å²) in [5.41, 5.74) is 2.05. The van der Waals surface area contributed by atoms with E-state index in [2.05, 4.69) is 16.0 Å². The zero-order valence-electron chi connectivity index (χ0n) is 13.9. The van der Waals surface area contributed by atoms with Gasteiger partial charge < -0.3 is 16.0 Å². The number of anilines is 2. The van der Waals surface area contributed by atoms with Crippen LogP contribution in [0.4, 0.5) is 16.2 Å². The van der Waals surface area contributed by atoms with E-state index in [9.17, 15) is 9.59 Å². The third-order valence-corrected chi connectivity index (χ3v) is 3.93. The van der Waals surface area contributed by atoms with Crippen LogP contribution >= 0.6 is 23.2 Å². The van der Waals surface area contributed by atoms with Crippen molar-refractivity contribution in [2.45, 2.75) is 26.3 Å². The maximum atomic E-state index is 12.1. The molecule has 0 bridgehead atoms. The van der Waals surface area contributed by atoms with Gasteiger partial charge in [0.25, 0.3) is 0 Å². The molecule has 0 unspecified atom stereocenters. The lowest BCUT2D eigenvalue weighted by molar-refractivity contribution is -0.115. The van der Waals surface area contributed by atoms with Crippen molar-refractivity contribution >= 4 is 46.5 Å². The van der Waals surface area contributed by atoms with Crippen molar-refractivity contribution in [3.8, 4) is 0 Å². The van der Waals surface area contributed by atoms with Gasteiger partial charge in [-0.15, -0.1) is 0 Å². The Morgan fingerprint density at radius 3 is 2.08 bits per heavy atom. The molecule has 0 saturated carbocycles. The van der Waals surface area contributed by atoms with Gasteiger partial charge >= 0.3 is 6.03 Å². The molecule has 7 heteroatoms. The van der Waals surface area contributed by atoms with Crippen LogP contribution in [0.25, 0.3) is 0 Å². The fourth-order valence-corrected chi connectivity index (χ4v) is 2.43. The predicted octanol–water partition coefficient (Wildman–Crippen LogP) is 4.70. The van der Waals surface area contributed by atoms with Crippen molar-refractivity contribution in [1.29, 1.82) is 0 Å². The Morgan fingerprint density at radius 2 is 1.52 bits per heavy atom. The van der Waals surface area contributed by atoms with Crippen molar-refractivity contribution in [2.24, 2.45) is 0 Å². The van der Waals surface area contributed by atoms with Crippen molar-refractivity contribution < 1.29 is 9.59 Å². The molecule has 3 N–H and O–H groups in total. The summed E-state index contributed by atoms with van der Waals surface area (Å²) in [6.07, 6.45) is 0.188. The molecule has 0 heterocycles. The summed E-state index contributed by atoms with van der Waals surface area (Å²) in [5.74, 6) is -0.170. The molecule has 25 heavy (non-hydrogen) atoms. The first kappa shape index (κ1) is 19.1. The average Bonchev–Trinajstić information content (AvgIpc) is 2.52. The summed E-state index contributed by atoms with van der Waals surface area (Å²) in [6, 6.07) is 11.7. The zero-order chi connectivity index (χ0) is 18.4. The first-order chi connectivity index (χ1) is 11.8. The molecular formula is C18H19Cl2N3O2. The minimum absolute atomic E-state index is 0.0555. The van der Waals surface area contributed by atoms with Crippen LogP contribution in [0.1, 0.15) is 19.4 Å². The number of amides is 3. The van der Waals surface area contributed by atoms with Crippen LogP contribution in [0.3, 0.4) is 0 Å². The Balaban J connectivity index is 1.90. The van der Waals surface area contributed by atoms with Gasteiger partial charge in [-0.1, -0.05) is 29.3 Å². The van der Waals surface area contributed by atoms with Crippen LogP contribution in [0.2, 0.25) is 10.0 Å². The van der Waals surface area contributed by atoms with Crippen LogP contribution < -0.4 is 16.0 Å². The van der Waals surface area contributed by atoms with Gasteiger partial charge in [-0.2, -0.15) is 0 Å². The first-order valence-corrected chi connectivity index (χ1v) is 8.50. The van der Waals surface area contributed by atoms with E-state index in [4.69, 9.17) is 23.2 Å². The highest BCUT2D eigenvalue weighted by Crippen LogP contribution is 2.23. The Labute approximate surface area is 156 Å². The summed E-state index contributed by atoms with van der Waals surface area (Å²) < 4.78 is 0. The Morgan fingerprint density at radius 1 is 0.920 bits per heavy atom. The Hall–Kier alpha value is -2.24. The van der Waals surface area contributed by atoms with Crippen molar-refractivity contribution in [3.05, 3.63) is 58.1 Å². The van der Waals surface area contributed by atoms with Gasteiger partial charge in [0.15, 0.2) is 0 Å². The van der Waals surface area contributed by atoms with Crippen LogP contribution in [-0.2, 0) is 11.2 Å². The highest BCUT2D eigenvalue weighted by molar-refractivity contribution is 6.42. The van der Waals surface area contributed by atoms with E-state index in [1.54, 1.807) is 42.5 Å². The lowest BCUT2D eigenvalue weighted by Gasteiger charge is -2.11. The standard InChI is InChI=1S/C18H19Cl2N3O2/c1-11(2)21-18(25)23-14-6-4-13(5-7-14)22-17(24)10-12-3-8-15(19)16(20)9-12/h3-9,11H,10H2,1-2H3,(H,22,24)(H2,21,23,25). The predicted molar refractivity (Wildman–Crippen MR) is 103 cm³/mol. The summed E-state index contributed by atoms with van der Waals surface area (Å²) in [7, 11) is 0. The molecule has 0 atom stereocenters. The van der Waals surface area contributed by atoms with E-state index < -0.39 is 0 Å². The van der Waals surface area contributed by atoms with E-state index >= 15 is 0 Å². The highest BCUT2D eigenvalue weighted by Gasteiger charge is 2.07. The SMILES string of the molecule is CC(C)NC(=O)Nc1ccc(NC(=O)Cc2ccc(Cl)c(Cl)c2)cc1. The van der Waals surface area contributed by atoms with E-state index in [0.717, 1.165) is 5.56 Å². The molecular weight excluding hydrogens is 361 g/mol. The number of carbonyl (C=O) groups is 2. The second-order valence-electron chi connectivity index (χ2n) is 5.80. The fraction of sp³-hybridized carbons (Fsp3) is 0.222. The summed E-state index contributed by atoms with van der Waals surface area (Å²) in [4.78, 5) is 23.7. The highest BCUT2D eigenvalue weighted by atomic mass is 35.5. The van der Waals surface area contributed by atoms with Gasteiger partial charge in [0.1, 0.15) is 0 Å². The van der Waals surface area contributed by atoms with Crippen molar-refractivity contribution in [3.63, 3.8) is 0 Å². The lowest BCUT2D eigenvalue weighted by atomic mass is 10.1. The van der Waals surface area contributed by atoms with Crippen LogP contribution in [0, 0.1) is 0 Å². The molecule has 132 valence electrons. The summed E-state index contributed by atoms with van der Waals surface area (Å²) in [5, 5.41) is 9.12. The molecule has 0 aliphatic rings. The minimum Gasteiger partial charge on any atom is -0.336 e. The molecule has 2 aromatic rings. The molecule has 0 fully saturated rings. The van der Waals surface area contributed by atoms with Gasteiger partial charge in [-0.05, 0) is 55.8 Å². The number of urea groups is 1. The van der Waals surface area contributed by atoms with E-state index in [1.165, 1.54) is 0 Å². The average molecular weight is 380 g/mol. The first-order valence-electron chi connectivity index (χ1n) is 7.75. The van der Waals surface area contributed by atoms with Crippen LogP contribution in [-0.4, -0.2) is 18.0 Å². The maximum absolute atomic E-state index is 12.1. The van der Waals surface area contributed by atoms with Gasteiger partial charge in [0, 0.05) is 17.4 Å². The second kappa shape index (κ2) is 8.74. The summed E-state index contributed by atoms with van der Waals surface area (Å²) in [6.45, 7) is 3.76. The smallest absolute Gasteiger partial charge is 0.319 e. The van der Waals surface area contributed by atoms with Crippen molar-refractivity contribution in [1.82, 2.24) is 5.32 Å². The monoisotopic (exact) mass is 379 g/mol. The molecule has 0 spiro atoms. The van der Waals surface area contributed by atoms with Gasteiger partial charge in [0.2, 0.25) is 5.91 Å². The van der Waals surface area contributed by atoms with E-state index in [1.807, 2.05) is 13.8 Å². The second-order valence-corrected chi connectivity index (χ2v) is 6.62.